The second kappa shape index (κ2) is 5.37. The van der Waals surface area contributed by atoms with Crippen LogP contribution in [-0.4, -0.2) is 0 Å². The molecule has 0 unspecified atom stereocenters. The van der Waals surface area contributed by atoms with Gasteiger partial charge in [-0.15, -0.1) is 0 Å². The van der Waals surface area contributed by atoms with Crippen molar-refractivity contribution in [2.24, 2.45) is 0 Å². The Bertz CT molecular complexity index is 503. The van der Waals surface area contributed by atoms with Gasteiger partial charge >= 0.3 is 0 Å². The average molecular weight is 290 g/mol. The first-order chi connectivity index (χ1) is 8.15. The molecule has 0 saturated carbocycles. The summed E-state index contributed by atoms with van der Waals surface area (Å²) in [5.74, 6) is 0. The molecule has 0 heterocycles. The predicted octanol–water partition coefficient (Wildman–Crippen LogP) is 4.68. The number of hydrogen-bond donors (Lipinski definition) is 1. The van der Waals surface area contributed by atoms with Crippen molar-refractivity contribution < 1.29 is 0 Å². The lowest BCUT2D eigenvalue weighted by Gasteiger charge is -2.10. The molecule has 0 fully saturated rings. The molecule has 2 aromatic carbocycles. The second-order valence-electron chi connectivity index (χ2n) is 4.30. The summed E-state index contributed by atoms with van der Waals surface area (Å²) in [6.07, 6.45) is 0. The molecule has 2 rings (SSSR count). The Balaban J connectivity index is 2.04. The van der Waals surface area contributed by atoms with E-state index in [1.165, 1.54) is 22.4 Å². The van der Waals surface area contributed by atoms with Crippen molar-refractivity contribution in [3.05, 3.63) is 63.6 Å². The molecule has 0 spiro atoms. The van der Waals surface area contributed by atoms with Crippen LogP contribution in [0.5, 0.6) is 0 Å². The SMILES string of the molecule is Cc1ccc(CNc2ccc(Br)cc2C)cc1. The summed E-state index contributed by atoms with van der Waals surface area (Å²) in [4.78, 5) is 0. The number of rotatable bonds is 3. The fourth-order valence-electron chi connectivity index (χ4n) is 1.73. The van der Waals surface area contributed by atoms with Crippen LogP contribution in [0.1, 0.15) is 16.7 Å². The lowest BCUT2D eigenvalue weighted by molar-refractivity contribution is 1.13. The van der Waals surface area contributed by atoms with Gasteiger partial charge in [0.25, 0.3) is 0 Å². The van der Waals surface area contributed by atoms with Gasteiger partial charge in [-0.1, -0.05) is 45.8 Å². The molecule has 0 atom stereocenters. The molecule has 1 N–H and O–H groups in total. The maximum absolute atomic E-state index is 3.47. The van der Waals surface area contributed by atoms with Gasteiger partial charge in [0.15, 0.2) is 0 Å². The van der Waals surface area contributed by atoms with Gasteiger partial charge in [-0.25, -0.2) is 0 Å². The smallest absolute Gasteiger partial charge is 0.0400 e. The summed E-state index contributed by atoms with van der Waals surface area (Å²) in [7, 11) is 0. The third-order valence-electron chi connectivity index (χ3n) is 2.79. The Kier molecular flexibility index (Phi) is 3.85. The molecule has 0 radical (unpaired) electrons. The zero-order valence-corrected chi connectivity index (χ0v) is 11.7. The molecular formula is C15H16BrN. The predicted molar refractivity (Wildman–Crippen MR) is 77.4 cm³/mol. The Morgan fingerprint density at radius 3 is 2.35 bits per heavy atom. The van der Waals surface area contributed by atoms with Crippen LogP contribution in [0.4, 0.5) is 5.69 Å². The van der Waals surface area contributed by atoms with Gasteiger partial charge in [0, 0.05) is 16.7 Å². The summed E-state index contributed by atoms with van der Waals surface area (Å²) in [6.45, 7) is 5.08. The fraction of sp³-hybridized carbons (Fsp3) is 0.200. The number of anilines is 1. The molecule has 0 aromatic heterocycles. The standard InChI is InChI=1S/C15H16BrN/c1-11-3-5-13(6-4-11)10-17-15-8-7-14(16)9-12(15)2/h3-9,17H,10H2,1-2H3. The van der Waals surface area contributed by atoms with E-state index in [1.807, 2.05) is 0 Å². The summed E-state index contributed by atoms with van der Waals surface area (Å²) in [5, 5.41) is 3.46. The molecular weight excluding hydrogens is 274 g/mol. The highest BCUT2D eigenvalue weighted by Gasteiger charge is 1.98. The van der Waals surface area contributed by atoms with E-state index >= 15 is 0 Å². The van der Waals surface area contributed by atoms with Gasteiger partial charge < -0.3 is 5.32 Å². The molecule has 1 nitrogen and oxygen atoms in total. The van der Waals surface area contributed by atoms with Crippen LogP contribution in [-0.2, 0) is 6.54 Å². The number of halogens is 1. The molecule has 0 aliphatic rings. The summed E-state index contributed by atoms with van der Waals surface area (Å²) >= 11 is 3.47. The largest absolute Gasteiger partial charge is 0.381 e. The number of benzene rings is 2. The van der Waals surface area contributed by atoms with Crippen molar-refractivity contribution in [3.63, 3.8) is 0 Å². The molecule has 0 aliphatic heterocycles. The second-order valence-corrected chi connectivity index (χ2v) is 5.21. The number of nitrogens with one attached hydrogen (secondary N) is 1. The Labute approximate surface area is 111 Å². The van der Waals surface area contributed by atoms with Gasteiger partial charge in [0.1, 0.15) is 0 Å². The van der Waals surface area contributed by atoms with Crippen LogP contribution in [0.25, 0.3) is 0 Å². The Morgan fingerprint density at radius 1 is 1.00 bits per heavy atom. The molecule has 17 heavy (non-hydrogen) atoms. The molecule has 88 valence electrons. The highest BCUT2D eigenvalue weighted by Crippen LogP contribution is 2.20. The highest BCUT2D eigenvalue weighted by atomic mass is 79.9. The molecule has 0 amide bonds. The van der Waals surface area contributed by atoms with E-state index in [0.29, 0.717) is 0 Å². The van der Waals surface area contributed by atoms with Gasteiger partial charge in [0.05, 0.1) is 0 Å². The summed E-state index contributed by atoms with van der Waals surface area (Å²) < 4.78 is 1.12. The minimum Gasteiger partial charge on any atom is -0.381 e. The quantitative estimate of drug-likeness (QED) is 0.865. The van der Waals surface area contributed by atoms with Crippen LogP contribution in [0.15, 0.2) is 46.9 Å². The first-order valence-electron chi connectivity index (χ1n) is 5.71. The van der Waals surface area contributed by atoms with Gasteiger partial charge in [-0.3, -0.25) is 0 Å². The van der Waals surface area contributed by atoms with Crippen LogP contribution in [0, 0.1) is 13.8 Å². The Morgan fingerprint density at radius 2 is 1.71 bits per heavy atom. The van der Waals surface area contributed by atoms with Crippen LogP contribution < -0.4 is 5.32 Å². The topological polar surface area (TPSA) is 12.0 Å². The van der Waals surface area contributed by atoms with Crippen LogP contribution >= 0.6 is 15.9 Å². The zero-order chi connectivity index (χ0) is 12.3. The van der Waals surface area contributed by atoms with E-state index < -0.39 is 0 Å². The minimum atomic E-state index is 0.864. The molecule has 0 saturated heterocycles. The molecule has 0 aliphatic carbocycles. The van der Waals surface area contributed by atoms with Crippen molar-refractivity contribution in [1.29, 1.82) is 0 Å². The van der Waals surface area contributed by atoms with Gasteiger partial charge in [-0.05, 0) is 43.2 Å². The van der Waals surface area contributed by atoms with E-state index in [-0.39, 0.29) is 0 Å². The first kappa shape index (κ1) is 12.2. The molecule has 2 heteroatoms. The average Bonchev–Trinajstić information content (AvgIpc) is 2.30. The highest BCUT2D eigenvalue weighted by molar-refractivity contribution is 9.10. The van der Waals surface area contributed by atoms with E-state index in [9.17, 15) is 0 Å². The monoisotopic (exact) mass is 289 g/mol. The number of hydrogen-bond acceptors (Lipinski definition) is 1. The van der Waals surface area contributed by atoms with E-state index in [2.05, 4.69) is 77.6 Å². The fourth-order valence-corrected chi connectivity index (χ4v) is 2.20. The third kappa shape index (κ3) is 3.34. The van der Waals surface area contributed by atoms with E-state index in [0.717, 1.165) is 11.0 Å². The minimum absolute atomic E-state index is 0.864. The van der Waals surface area contributed by atoms with E-state index in [4.69, 9.17) is 0 Å². The summed E-state index contributed by atoms with van der Waals surface area (Å²) in [6, 6.07) is 14.9. The van der Waals surface area contributed by atoms with Gasteiger partial charge in [-0.2, -0.15) is 0 Å². The van der Waals surface area contributed by atoms with Crippen molar-refractivity contribution in [1.82, 2.24) is 0 Å². The molecule has 2 aromatic rings. The maximum atomic E-state index is 3.47. The van der Waals surface area contributed by atoms with E-state index in [1.54, 1.807) is 0 Å². The van der Waals surface area contributed by atoms with Gasteiger partial charge in [0.2, 0.25) is 0 Å². The lowest BCUT2D eigenvalue weighted by Crippen LogP contribution is -2.00. The van der Waals surface area contributed by atoms with Crippen molar-refractivity contribution in [2.75, 3.05) is 5.32 Å². The van der Waals surface area contributed by atoms with Crippen LogP contribution in [0.2, 0.25) is 0 Å². The third-order valence-corrected chi connectivity index (χ3v) is 3.29. The van der Waals surface area contributed by atoms with Crippen molar-refractivity contribution in [2.45, 2.75) is 20.4 Å². The Hall–Kier alpha value is -1.28. The van der Waals surface area contributed by atoms with Crippen molar-refractivity contribution in [3.8, 4) is 0 Å². The normalized spacial score (nSPS) is 10.3. The lowest BCUT2D eigenvalue weighted by atomic mass is 10.1. The number of aryl methyl sites for hydroxylation is 2. The van der Waals surface area contributed by atoms with Crippen molar-refractivity contribution >= 4 is 21.6 Å². The summed E-state index contributed by atoms with van der Waals surface area (Å²) in [5.41, 5.74) is 5.05. The first-order valence-corrected chi connectivity index (χ1v) is 6.50. The van der Waals surface area contributed by atoms with Crippen LogP contribution in [0.3, 0.4) is 0 Å². The maximum Gasteiger partial charge on any atom is 0.0400 e. The molecule has 0 bridgehead atoms. The zero-order valence-electron chi connectivity index (χ0n) is 10.1.